The van der Waals surface area contributed by atoms with Crippen molar-refractivity contribution in [3.63, 3.8) is 0 Å². The van der Waals surface area contributed by atoms with E-state index < -0.39 is 0 Å². The Bertz CT molecular complexity index is 1500. The first-order valence-electron chi connectivity index (χ1n) is 11.6. The standard InChI is InChI=1S/C31H25NS/c1-20(2)18-21-19-28(32-27-15-7-5-10-22(21)27)26-14-9-17-30-31(26)25-13-4-3-11-23(25)24-12-6-8-16-29(24)33-30/h3-17,19-20H,18H2,1-2H3. The minimum absolute atomic E-state index is 0.585. The average Bonchev–Trinajstić information content (AvgIpc) is 2.98. The van der Waals surface area contributed by atoms with Crippen LogP contribution in [-0.4, -0.2) is 4.98 Å². The number of hydrogen-bond donors (Lipinski definition) is 0. The molecule has 1 nitrogen and oxygen atoms in total. The summed E-state index contributed by atoms with van der Waals surface area (Å²) in [5, 5.41) is 1.26. The highest BCUT2D eigenvalue weighted by Crippen LogP contribution is 2.50. The molecule has 0 bridgehead atoms. The number of para-hydroxylation sites is 1. The van der Waals surface area contributed by atoms with Crippen molar-refractivity contribution in [1.29, 1.82) is 0 Å². The summed E-state index contributed by atoms with van der Waals surface area (Å²) >= 11 is 1.86. The quantitative estimate of drug-likeness (QED) is 0.271. The van der Waals surface area contributed by atoms with E-state index in [-0.39, 0.29) is 0 Å². The summed E-state index contributed by atoms with van der Waals surface area (Å²) in [6.07, 6.45) is 1.04. The zero-order valence-electron chi connectivity index (χ0n) is 18.9. The van der Waals surface area contributed by atoms with E-state index in [0.717, 1.165) is 17.6 Å². The molecule has 5 aromatic rings. The van der Waals surface area contributed by atoms with Crippen LogP contribution in [0.5, 0.6) is 0 Å². The lowest BCUT2D eigenvalue weighted by Gasteiger charge is -2.17. The molecule has 160 valence electrons. The van der Waals surface area contributed by atoms with E-state index in [2.05, 4.69) is 111 Å². The molecule has 0 saturated heterocycles. The Balaban J connectivity index is 1.64. The van der Waals surface area contributed by atoms with Gasteiger partial charge in [0.1, 0.15) is 0 Å². The highest BCUT2D eigenvalue weighted by molar-refractivity contribution is 7.99. The number of fused-ring (bicyclic) bond motifs is 6. The average molecular weight is 444 g/mol. The van der Waals surface area contributed by atoms with Gasteiger partial charge in [-0.05, 0) is 58.9 Å². The molecule has 33 heavy (non-hydrogen) atoms. The minimum Gasteiger partial charge on any atom is -0.248 e. The molecule has 1 aliphatic rings. The Hall–Kier alpha value is -3.36. The number of pyridine rings is 1. The summed E-state index contributed by atoms with van der Waals surface area (Å²) in [6.45, 7) is 4.57. The van der Waals surface area contributed by atoms with Gasteiger partial charge in [-0.3, -0.25) is 0 Å². The molecule has 0 N–H and O–H groups in total. The lowest BCUT2D eigenvalue weighted by molar-refractivity contribution is 0.650. The van der Waals surface area contributed by atoms with Gasteiger partial charge in [-0.25, -0.2) is 4.98 Å². The highest BCUT2D eigenvalue weighted by Gasteiger charge is 2.23. The number of aromatic nitrogens is 1. The third kappa shape index (κ3) is 3.55. The number of nitrogens with zero attached hydrogens (tertiary/aromatic N) is 1. The van der Waals surface area contributed by atoms with Crippen molar-refractivity contribution in [1.82, 2.24) is 4.98 Å². The molecule has 6 rings (SSSR count). The lowest BCUT2D eigenvalue weighted by atomic mass is 9.89. The van der Waals surface area contributed by atoms with Crippen molar-refractivity contribution in [3.05, 3.63) is 103 Å². The van der Waals surface area contributed by atoms with Crippen LogP contribution in [0.1, 0.15) is 19.4 Å². The van der Waals surface area contributed by atoms with Gasteiger partial charge in [-0.1, -0.05) is 98.4 Å². The maximum absolute atomic E-state index is 5.16. The first-order chi connectivity index (χ1) is 16.2. The van der Waals surface area contributed by atoms with Crippen molar-refractivity contribution in [2.24, 2.45) is 5.92 Å². The van der Waals surface area contributed by atoms with E-state index in [1.165, 1.54) is 48.6 Å². The molecular formula is C31H25NS. The molecule has 0 saturated carbocycles. The Morgan fingerprint density at radius 1 is 0.667 bits per heavy atom. The van der Waals surface area contributed by atoms with Crippen LogP contribution in [0.25, 0.3) is 44.4 Å². The second-order valence-corrected chi connectivity index (χ2v) is 10.2. The molecule has 2 heterocycles. The van der Waals surface area contributed by atoms with Crippen molar-refractivity contribution >= 4 is 22.7 Å². The molecular weight excluding hydrogens is 418 g/mol. The van der Waals surface area contributed by atoms with Gasteiger partial charge in [0.05, 0.1) is 11.2 Å². The zero-order valence-corrected chi connectivity index (χ0v) is 19.7. The molecule has 0 aliphatic carbocycles. The number of rotatable bonds is 3. The van der Waals surface area contributed by atoms with Crippen LogP contribution in [0.4, 0.5) is 0 Å². The van der Waals surface area contributed by atoms with Crippen LogP contribution in [0, 0.1) is 5.92 Å². The van der Waals surface area contributed by atoms with Crippen LogP contribution in [-0.2, 0) is 6.42 Å². The SMILES string of the molecule is CC(C)Cc1cc(-c2cccc3c2-c2ccccc2-c2ccccc2S3)nc2ccccc12. The summed E-state index contributed by atoms with van der Waals surface area (Å²) in [5.74, 6) is 0.585. The second kappa shape index (κ2) is 8.20. The van der Waals surface area contributed by atoms with Gasteiger partial charge in [-0.2, -0.15) is 0 Å². The number of benzene rings is 4. The van der Waals surface area contributed by atoms with E-state index in [9.17, 15) is 0 Å². The summed E-state index contributed by atoms with van der Waals surface area (Å²) in [4.78, 5) is 7.75. The van der Waals surface area contributed by atoms with Crippen molar-refractivity contribution < 1.29 is 0 Å². The van der Waals surface area contributed by atoms with Gasteiger partial charge < -0.3 is 0 Å². The molecule has 0 spiro atoms. The van der Waals surface area contributed by atoms with Gasteiger partial charge in [0.15, 0.2) is 0 Å². The van der Waals surface area contributed by atoms with Crippen LogP contribution in [0.3, 0.4) is 0 Å². The van der Waals surface area contributed by atoms with Crippen LogP contribution >= 0.6 is 11.8 Å². The predicted octanol–water partition coefficient (Wildman–Crippen LogP) is 8.90. The number of hydrogen-bond acceptors (Lipinski definition) is 2. The molecule has 2 heteroatoms. The van der Waals surface area contributed by atoms with Crippen LogP contribution < -0.4 is 0 Å². The van der Waals surface area contributed by atoms with E-state index in [1.807, 2.05) is 11.8 Å². The Labute approximate surface area is 199 Å². The Morgan fingerprint density at radius 2 is 1.33 bits per heavy atom. The minimum atomic E-state index is 0.585. The molecule has 4 aromatic carbocycles. The summed E-state index contributed by atoms with van der Waals surface area (Å²) in [6, 6.07) is 35.1. The van der Waals surface area contributed by atoms with Crippen molar-refractivity contribution in [2.75, 3.05) is 0 Å². The fraction of sp³-hybridized carbons (Fsp3) is 0.129. The Kier molecular flexibility index (Phi) is 5.04. The van der Waals surface area contributed by atoms with Gasteiger partial charge in [0, 0.05) is 26.3 Å². The smallest absolute Gasteiger partial charge is 0.0719 e. The van der Waals surface area contributed by atoms with E-state index in [1.54, 1.807) is 0 Å². The summed E-state index contributed by atoms with van der Waals surface area (Å²) in [7, 11) is 0. The molecule has 0 amide bonds. The van der Waals surface area contributed by atoms with E-state index in [4.69, 9.17) is 4.98 Å². The van der Waals surface area contributed by atoms with Gasteiger partial charge in [0.25, 0.3) is 0 Å². The molecule has 1 aliphatic heterocycles. The summed E-state index contributed by atoms with van der Waals surface area (Å²) < 4.78 is 0. The van der Waals surface area contributed by atoms with Gasteiger partial charge >= 0.3 is 0 Å². The maximum Gasteiger partial charge on any atom is 0.0719 e. The molecule has 0 atom stereocenters. The van der Waals surface area contributed by atoms with Crippen LogP contribution in [0.15, 0.2) is 107 Å². The fourth-order valence-electron chi connectivity index (χ4n) is 4.93. The first kappa shape index (κ1) is 20.3. The topological polar surface area (TPSA) is 12.9 Å². The fourth-order valence-corrected chi connectivity index (χ4v) is 6.07. The molecule has 0 unspecified atom stereocenters. The van der Waals surface area contributed by atoms with Crippen molar-refractivity contribution in [2.45, 2.75) is 30.1 Å². The third-order valence-electron chi connectivity index (χ3n) is 6.33. The van der Waals surface area contributed by atoms with Crippen LogP contribution in [0.2, 0.25) is 0 Å². The monoisotopic (exact) mass is 443 g/mol. The summed E-state index contributed by atoms with van der Waals surface area (Å²) in [5.41, 5.74) is 9.86. The van der Waals surface area contributed by atoms with E-state index >= 15 is 0 Å². The third-order valence-corrected chi connectivity index (χ3v) is 7.46. The Morgan fingerprint density at radius 3 is 2.18 bits per heavy atom. The van der Waals surface area contributed by atoms with Gasteiger partial charge in [-0.15, -0.1) is 0 Å². The first-order valence-corrected chi connectivity index (χ1v) is 12.4. The lowest BCUT2D eigenvalue weighted by Crippen LogP contribution is -1.99. The van der Waals surface area contributed by atoms with E-state index in [0.29, 0.717) is 5.92 Å². The highest BCUT2D eigenvalue weighted by atomic mass is 32.2. The van der Waals surface area contributed by atoms with Gasteiger partial charge in [0.2, 0.25) is 0 Å². The maximum atomic E-state index is 5.16. The zero-order chi connectivity index (χ0) is 22.4. The molecule has 0 radical (unpaired) electrons. The second-order valence-electron chi connectivity index (χ2n) is 9.10. The molecule has 1 aromatic heterocycles. The van der Waals surface area contributed by atoms with Crippen molar-refractivity contribution in [3.8, 4) is 33.5 Å². The normalized spacial score (nSPS) is 12.2. The molecule has 0 fully saturated rings. The largest absolute Gasteiger partial charge is 0.248 e. The predicted molar refractivity (Wildman–Crippen MR) is 141 cm³/mol.